The van der Waals surface area contributed by atoms with Crippen LogP contribution in [-0.4, -0.2) is 66.5 Å². The quantitative estimate of drug-likeness (QED) is 0.306. The Balaban J connectivity index is 1.11. The number of anilines is 3. The second-order valence-electron chi connectivity index (χ2n) is 9.98. The van der Waals surface area contributed by atoms with Crippen molar-refractivity contribution >= 4 is 39.9 Å². The van der Waals surface area contributed by atoms with Gasteiger partial charge >= 0.3 is 0 Å². The van der Waals surface area contributed by atoms with Gasteiger partial charge in [0.2, 0.25) is 0 Å². The molecule has 2 fully saturated rings. The van der Waals surface area contributed by atoms with Crippen molar-refractivity contribution in [2.45, 2.75) is 19.8 Å². The van der Waals surface area contributed by atoms with Gasteiger partial charge in [0.25, 0.3) is 5.91 Å². The molecule has 4 aromatic heterocycles. The number of benzene rings is 1. The highest BCUT2D eigenvalue weighted by atomic mass is 16.5. The van der Waals surface area contributed by atoms with Crippen molar-refractivity contribution in [1.82, 2.24) is 34.4 Å². The summed E-state index contributed by atoms with van der Waals surface area (Å²) < 4.78 is 7.78. The van der Waals surface area contributed by atoms with Gasteiger partial charge in [0, 0.05) is 36.6 Å². The molecule has 0 atom stereocenters. The molecule has 7 rings (SSSR count). The highest BCUT2D eigenvalue weighted by Crippen LogP contribution is 2.31. The normalized spacial score (nSPS) is 16.7. The van der Waals surface area contributed by atoms with E-state index in [4.69, 9.17) is 9.72 Å². The van der Waals surface area contributed by atoms with Gasteiger partial charge < -0.3 is 10.1 Å². The molecule has 2 saturated heterocycles. The lowest BCUT2D eigenvalue weighted by molar-refractivity contribution is -0.114. The number of pyridine rings is 2. The molecule has 200 valence electrons. The minimum atomic E-state index is 0.0214. The van der Waals surface area contributed by atoms with Gasteiger partial charge in [-0.2, -0.15) is 5.10 Å². The number of rotatable bonds is 7. The molecule has 1 amide bonds. The summed E-state index contributed by atoms with van der Waals surface area (Å²) in [5, 5.41) is 7.48. The highest BCUT2D eigenvalue weighted by molar-refractivity contribution is 6.08. The SMILES string of the molecule is Cc1cc(Nc2ncnc3ccc(N4CC/C(=C\CN5CCC5)C4=O)nc23)ccc1Oc1ccn2ncnc2c1. The number of carbonyl (C=O) groups is 1. The fraction of sp³-hybridized carbons (Fsp3) is 0.241. The average Bonchev–Trinajstić information content (AvgIpc) is 3.55. The van der Waals surface area contributed by atoms with Crippen LogP contribution in [0.15, 0.2) is 73.0 Å². The van der Waals surface area contributed by atoms with E-state index in [9.17, 15) is 4.79 Å². The van der Waals surface area contributed by atoms with Crippen molar-refractivity contribution < 1.29 is 9.53 Å². The average molecular weight is 534 g/mol. The molecule has 0 aliphatic carbocycles. The largest absolute Gasteiger partial charge is 0.457 e. The number of aromatic nitrogens is 6. The molecule has 1 N–H and O–H groups in total. The van der Waals surface area contributed by atoms with Crippen molar-refractivity contribution in [3.63, 3.8) is 0 Å². The van der Waals surface area contributed by atoms with Crippen molar-refractivity contribution in [3.05, 3.63) is 78.5 Å². The Morgan fingerprint density at radius 3 is 2.80 bits per heavy atom. The molecule has 6 heterocycles. The summed E-state index contributed by atoms with van der Waals surface area (Å²) in [6, 6.07) is 13.2. The first-order valence-electron chi connectivity index (χ1n) is 13.3. The Kier molecular flexibility index (Phi) is 6.05. The zero-order chi connectivity index (χ0) is 27.1. The number of amides is 1. The van der Waals surface area contributed by atoms with Crippen LogP contribution in [0.25, 0.3) is 16.7 Å². The zero-order valence-corrected chi connectivity index (χ0v) is 22.0. The van der Waals surface area contributed by atoms with Crippen LogP contribution in [0.4, 0.5) is 17.3 Å². The fourth-order valence-electron chi connectivity index (χ4n) is 4.96. The van der Waals surface area contributed by atoms with Gasteiger partial charge in [-0.25, -0.2) is 24.5 Å². The highest BCUT2D eigenvalue weighted by Gasteiger charge is 2.28. The topological polar surface area (TPSA) is 114 Å². The monoisotopic (exact) mass is 533 g/mol. The van der Waals surface area contributed by atoms with Gasteiger partial charge in [-0.1, -0.05) is 6.08 Å². The number of nitrogens with one attached hydrogen (secondary N) is 1. The summed E-state index contributed by atoms with van der Waals surface area (Å²) in [7, 11) is 0. The van der Waals surface area contributed by atoms with E-state index in [0.29, 0.717) is 40.6 Å². The van der Waals surface area contributed by atoms with Crippen molar-refractivity contribution in [3.8, 4) is 11.5 Å². The number of fused-ring (bicyclic) bond motifs is 2. The Morgan fingerprint density at radius 1 is 1.02 bits per heavy atom. The standard InChI is InChI=1S/C29H27N9O2/c1-19-15-21(3-5-24(19)40-22-9-14-38-26(16-22)31-18-33-38)34-28-27-23(30-17-32-28)4-6-25(35-27)37-13-8-20(29(37)39)7-12-36-10-2-11-36/h3-7,9,14-18H,2,8,10-13H2,1H3,(H,30,32,34)/b20-7+. The molecule has 2 aliphatic heterocycles. The second kappa shape index (κ2) is 10.0. The summed E-state index contributed by atoms with van der Waals surface area (Å²) in [4.78, 5) is 35.1. The molecule has 0 radical (unpaired) electrons. The Hall–Kier alpha value is -4.90. The minimum Gasteiger partial charge on any atom is -0.457 e. The second-order valence-corrected chi connectivity index (χ2v) is 9.98. The van der Waals surface area contributed by atoms with Crippen LogP contribution >= 0.6 is 0 Å². The minimum absolute atomic E-state index is 0.0214. The van der Waals surface area contributed by atoms with Crippen LogP contribution in [0.5, 0.6) is 11.5 Å². The summed E-state index contributed by atoms with van der Waals surface area (Å²) in [6.07, 6.45) is 8.86. The predicted molar refractivity (Wildman–Crippen MR) is 151 cm³/mol. The number of carbonyl (C=O) groups excluding carboxylic acids is 1. The van der Waals surface area contributed by atoms with E-state index in [1.54, 1.807) is 9.42 Å². The summed E-state index contributed by atoms with van der Waals surface area (Å²) in [5.41, 5.74) is 4.64. The van der Waals surface area contributed by atoms with Crippen molar-refractivity contribution in [2.75, 3.05) is 36.4 Å². The first-order chi connectivity index (χ1) is 19.6. The molecule has 11 heteroatoms. The van der Waals surface area contributed by atoms with E-state index >= 15 is 0 Å². The molecule has 0 unspecified atom stereocenters. The number of aryl methyl sites for hydroxylation is 1. The fourth-order valence-corrected chi connectivity index (χ4v) is 4.96. The third-order valence-corrected chi connectivity index (χ3v) is 7.33. The molecule has 40 heavy (non-hydrogen) atoms. The van der Waals surface area contributed by atoms with Crippen molar-refractivity contribution in [2.24, 2.45) is 0 Å². The number of ether oxygens (including phenoxy) is 1. The van der Waals surface area contributed by atoms with Crippen molar-refractivity contribution in [1.29, 1.82) is 0 Å². The molecular weight excluding hydrogens is 506 g/mol. The van der Waals surface area contributed by atoms with E-state index in [1.807, 2.05) is 55.6 Å². The number of likely N-dealkylation sites (tertiary alicyclic amines) is 1. The van der Waals surface area contributed by atoms with E-state index in [2.05, 4.69) is 36.3 Å². The number of nitrogens with zero attached hydrogens (tertiary/aromatic N) is 8. The number of hydrogen-bond donors (Lipinski definition) is 1. The Labute approximate surface area is 230 Å². The van der Waals surface area contributed by atoms with Crippen LogP contribution in [0.1, 0.15) is 18.4 Å². The first-order valence-corrected chi connectivity index (χ1v) is 13.3. The molecule has 2 aliphatic rings. The van der Waals surface area contributed by atoms with Gasteiger partial charge in [-0.05, 0) is 74.8 Å². The van der Waals surface area contributed by atoms with Gasteiger partial charge in [0.15, 0.2) is 11.5 Å². The molecule has 0 saturated carbocycles. The van der Waals surface area contributed by atoms with Gasteiger partial charge in [-0.3, -0.25) is 14.6 Å². The van der Waals surface area contributed by atoms with E-state index in [-0.39, 0.29) is 5.91 Å². The first kappa shape index (κ1) is 24.2. The van der Waals surface area contributed by atoms with Crippen LogP contribution in [0.2, 0.25) is 0 Å². The molecule has 11 nitrogen and oxygen atoms in total. The maximum atomic E-state index is 13.1. The molecular formula is C29H27N9O2. The summed E-state index contributed by atoms with van der Waals surface area (Å²) in [5.74, 6) is 2.60. The van der Waals surface area contributed by atoms with Crippen LogP contribution < -0.4 is 15.0 Å². The lowest BCUT2D eigenvalue weighted by Gasteiger charge is -2.29. The third kappa shape index (κ3) is 4.60. The summed E-state index contributed by atoms with van der Waals surface area (Å²) in [6.45, 7) is 5.65. The molecule has 0 spiro atoms. The Morgan fingerprint density at radius 2 is 1.95 bits per heavy atom. The maximum absolute atomic E-state index is 13.1. The molecule has 0 bridgehead atoms. The molecule has 1 aromatic carbocycles. The maximum Gasteiger partial charge on any atom is 0.255 e. The smallest absolute Gasteiger partial charge is 0.255 e. The van der Waals surface area contributed by atoms with Gasteiger partial charge in [0.05, 0.1) is 5.52 Å². The number of hydrogen-bond acceptors (Lipinski definition) is 9. The van der Waals surface area contributed by atoms with Crippen LogP contribution in [-0.2, 0) is 4.79 Å². The lowest BCUT2D eigenvalue weighted by atomic mass is 10.2. The third-order valence-electron chi connectivity index (χ3n) is 7.33. The van der Waals surface area contributed by atoms with E-state index in [1.165, 1.54) is 19.1 Å². The summed E-state index contributed by atoms with van der Waals surface area (Å²) >= 11 is 0. The van der Waals surface area contributed by atoms with E-state index in [0.717, 1.165) is 48.6 Å². The van der Waals surface area contributed by atoms with Crippen LogP contribution in [0, 0.1) is 6.92 Å². The van der Waals surface area contributed by atoms with Gasteiger partial charge in [0.1, 0.15) is 35.5 Å². The van der Waals surface area contributed by atoms with Crippen LogP contribution in [0.3, 0.4) is 0 Å². The Bertz CT molecular complexity index is 1780. The molecule has 5 aromatic rings. The van der Waals surface area contributed by atoms with E-state index < -0.39 is 0 Å². The lowest BCUT2D eigenvalue weighted by Crippen LogP contribution is -2.37. The predicted octanol–water partition coefficient (Wildman–Crippen LogP) is 4.28. The van der Waals surface area contributed by atoms with Gasteiger partial charge in [-0.15, -0.1) is 0 Å². The zero-order valence-electron chi connectivity index (χ0n) is 22.0.